The zero-order chi connectivity index (χ0) is 20.8. The van der Waals surface area contributed by atoms with Crippen molar-refractivity contribution in [2.75, 3.05) is 63.2 Å². The van der Waals surface area contributed by atoms with Crippen molar-refractivity contribution >= 4 is 52.1 Å². The third-order valence-corrected chi connectivity index (χ3v) is 6.90. The monoisotopic (exact) mass is 555 g/mol. The average Bonchev–Trinajstić information content (AvgIpc) is 3.33. The van der Waals surface area contributed by atoms with E-state index in [4.69, 9.17) is 0 Å². The first-order valence-electron chi connectivity index (χ1n) is 10.9. The first-order chi connectivity index (χ1) is 14.7. The van der Waals surface area contributed by atoms with E-state index in [2.05, 4.69) is 72.0 Å². The fourth-order valence-electron chi connectivity index (χ4n) is 4.05. The Labute approximate surface area is 206 Å². The summed E-state index contributed by atoms with van der Waals surface area (Å²) in [7, 11) is 4.02. The molecule has 2 aromatic heterocycles. The van der Waals surface area contributed by atoms with Gasteiger partial charge in [0, 0.05) is 65.1 Å². The van der Waals surface area contributed by atoms with Crippen molar-refractivity contribution in [1.82, 2.24) is 20.5 Å². The molecule has 0 spiro atoms. The van der Waals surface area contributed by atoms with Gasteiger partial charge in [0.1, 0.15) is 5.82 Å². The van der Waals surface area contributed by atoms with Crippen molar-refractivity contribution in [3.63, 3.8) is 0 Å². The number of halogens is 1. The Morgan fingerprint density at radius 2 is 1.90 bits per heavy atom. The number of hydrogen-bond donors (Lipinski definition) is 2. The number of aromatic nitrogens is 1. The van der Waals surface area contributed by atoms with Gasteiger partial charge >= 0.3 is 0 Å². The fraction of sp³-hybridized carbons (Fsp3) is 0.545. The zero-order valence-electron chi connectivity index (χ0n) is 18.5. The van der Waals surface area contributed by atoms with E-state index < -0.39 is 0 Å². The number of nitrogens with one attached hydrogen (secondary N) is 2. The van der Waals surface area contributed by atoms with E-state index in [0.717, 1.165) is 70.4 Å². The molecule has 0 aromatic carbocycles. The van der Waals surface area contributed by atoms with Crippen LogP contribution in [0.25, 0.3) is 0 Å². The van der Waals surface area contributed by atoms with E-state index in [-0.39, 0.29) is 24.0 Å². The van der Waals surface area contributed by atoms with Gasteiger partial charge in [-0.15, -0.1) is 35.3 Å². The number of hydrogen-bond acceptors (Lipinski definition) is 6. The van der Waals surface area contributed by atoms with Crippen LogP contribution in [-0.4, -0.2) is 75.2 Å². The minimum Gasteiger partial charge on any atom is -0.363 e. The molecule has 0 aliphatic carbocycles. The molecule has 2 saturated heterocycles. The topological polar surface area (TPSA) is 59.0 Å². The van der Waals surface area contributed by atoms with Crippen LogP contribution in [0.15, 0.2) is 40.8 Å². The third kappa shape index (κ3) is 6.69. The Morgan fingerprint density at radius 1 is 1.13 bits per heavy atom. The molecule has 0 unspecified atom stereocenters. The summed E-state index contributed by atoms with van der Waals surface area (Å²) in [6, 6.07) is 9.09. The first-order valence-corrected chi connectivity index (χ1v) is 11.7. The number of pyridine rings is 1. The van der Waals surface area contributed by atoms with Gasteiger partial charge in [-0.05, 0) is 55.1 Å². The van der Waals surface area contributed by atoms with Crippen LogP contribution in [0.5, 0.6) is 0 Å². The molecule has 31 heavy (non-hydrogen) atoms. The van der Waals surface area contributed by atoms with E-state index in [0.29, 0.717) is 6.04 Å². The number of piperidine rings is 1. The second kappa shape index (κ2) is 11.9. The van der Waals surface area contributed by atoms with Gasteiger partial charge in [-0.3, -0.25) is 4.99 Å². The minimum atomic E-state index is 0. The van der Waals surface area contributed by atoms with Crippen molar-refractivity contribution in [2.24, 2.45) is 4.99 Å². The largest absolute Gasteiger partial charge is 0.363 e. The second-order valence-electron chi connectivity index (χ2n) is 8.10. The third-order valence-electron chi connectivity index (χ3n) is 5.97. The predicted molar refractivity (Wildman–Crippen MR) is 142 cm³/mol. The number of nitrogens with zero attached hydrogens (tertiary/aromatic N) is 5. The Bertz CT molecular complexity index is 813. The van der Waals surface area contributed by atoms with Crippen molar-refractivity contribution in [3.8, 4) is 0 Å². The number of piperazine rings is 1. The quantitative estimate of drug-likeness (QED) is 0.337. The molecule has 0 radical (unpaired) electrons. The highest BCUT2D eigenvalue weighted by molar-refractivity contribution is 14.0. The van der Waals surface area contributed by atoms with Crippen LogP contribution < -0.4 is 20.4 Å². The number of guanidine groups is 1. The summed E-state index contributed by atoms with van der Waals surface area (Å²) >= 11 is 1.82. The van der Waals surface area contributed by atoms with E-state index in [1.54, 1.807) is 0 Å². The summed E-state index contributed by atoms with van der Waals surface area (Å²) in [5, 5.41) is 10.6. The van der Waals surface area contributed by atoms with Crippen LogP contribution in [0.2, 0.25) is 0 Å². The van der Waals surface area contributed by atoms with E-state index in [1.807, 2.05) is 24.6 Å². The summed E-state index contributed by atoms with van der Waals surface area (Å²) in [6.07, 6.45) is 4.17. The Balaban J connectivity index is 0.00000272. The molecule has 170 valence electrons. The molecule has 2 N–H and O–H groups in total. The number of aliphatic imine (C=N–C) groups is 1. The zero-order valence-corrected chi connectivity index (χ0v) is 21.6. The summed E-state index contributed by atoms with van der Waals surface area (Å²) < 4.78 is 0. The number of anilines is 2. The Kier molecular flexibility index (Phi) is 9.21. The molecule has 4 rings (SSSR count). The van der Waals surface area contributed by atoms with Gasteiger partial charge in [-0.25, -0.2) is 4.98 Å². The molecular formula is C22H34IN7S. The number of rotatable bonds is 5. The van der Waals surface area contributed by atoms with Gasteiger partial charge in [0.25, 0.3) is 0 Å². The number of thiophene rings is 1. The van der Waals surface area contributed by atoms with Crippen LogP contribution >= 0.6 is 35.3 Å². The first kappa shape index (κ1) is 24.1. The molecule has 2 aromatic rings. The average molecular weight is 556 g/mol. The van der Waals surface area contributed by atoms with Crippen molar-refractivity contribution in [3.05, 3.63) is 41.4 Å². The van der Waals surface area contributed by atoms with E-state index in [9.17, 15) is 0 Å². The predicted octanol–water partition coefficient (Wildman–Crippen LogP) is 2.85. The maximum Gasteiger partial charge on any atom is 0.191 e. The lowest BCUT2D eigenvalue weighted by atomic mass is 10.1. The maximum absolute atomic E-state index is 4.59. The molecule has 0 saturated carbocycles. The van der Waals surface area contributed by atoms with Crippen molar-refractivity contribution < 1.29 is 0 Å². The summed E-state index contributed by atoms with van der Waals surface area (Å²) in [4.78, 5) is 16.2. The highest BCUT2D eigenvalue weighted by atomic mass is 127. The van der Waals surface area contributed by atoms with Crippen molar-refractivity contribution in [1.29, 1.82) is 0 Å². The fourth-order valence-corrected chi connectivity index (χ4v) is 4.83. The highest BCUT2D eigenvalue weighted by Gasteiger charge is 2.21. The SMILES string of the molecule is CN=C(NCc1ccnc(N2CCN(C)CC2)c1)NC1CCN(c2cccs2)CC1.I. The Morgan fingerprint density at radius 3 is 2.58 bits per heavy atom. The van der Waals surface area contributed by atoms with Gasteiger partial charge in [0.2, 0.25) is 0 Å². The smallest absolute Gasteiger partial charge is 0.191 e. The summed E-state index contributed by atoms with van der Waals surface area (Å²) in [5.41, 5.74) is 1.23. The van der Waals surface area contributed by atoms with Crippen LogP contribution in [0, 0.1) is 0 Å². The summed E-state index contributed by atoms with van der Waals surface area (Å²) in [6.45, 7) is 7.18. The molecule has 0 amide bonds. The molecule has 2 aliphatic heterocycles. The molecule has 2 fully saturated rings. The molecule has 9 heteroatoms. The van der Waals surface area contributed by atoms with Gasteiger partial charge < -0.3 is 25.3 Å². The van der Waals surface area contributed by atoms with E-state index in [1.165, 1.54) is 10.6 Å². The van der Waals surface area contributed by atoms with Crippen LogP contribution in [0.4, 0.5) is 10.8 Å². The van der Waals surface area contributed by atoms with Crippen molar-refractivity contribution in [2.45, 2.75) is 25.4 Å². The maximum atomic E-state index is 4.59. The summed E-state index contributed by atoms with van der Waals surface area (Å²) in [5.74, 6) is 1.95. The molecule has 7 nitrogen and oxygen atoms in total. The van der Waals surface area contributed by atoms with Gasteiger partial charge in [-0.1, -0.05) is 0 Å². The van der Waals surface area contributed by atoms with Crippen LogP contribution in [-0.2, 0) is 6.54 Å². The second-order valence-corrected chi connectivity index (χ2v) is 9.02. The van der Waals surface area contributed by atoms with Gasteiger partial charge in [0.15, 0.2) is 5.96 Å². The molecule has 4 heterocycles. The molecule has 0 bridgehead atoms. The van der Waals surface area contributed by atoms with Crippen LogP contribution in [0.1, 0.15) is 18.4 Å². The lowest BCUT2D eigenvalue weighted by Crippen LogP contribution is -2.48. The number of likely N-dealkylation sites (N-methyl/N-ethyl adjacent to an activating group) is 1. The van der Waals surface area contributed by atoms with E-state index >= 15 is 0 Å². The Hall–Kier alpha value is -1.59. The normalized spacial score (nSPS) is 18.6. The standard InChI is InChI=1S/C22H33N7S.HI/c1-23-22(26-19-6-9-29(10-7-19)21-4-3-15-30-21)25-17-18-5-8-24-20(16-18)28-13-11-27(2)12-14-28;/h3-5,8,15-16,19H,6-7,9-14,17H2,1-2H3,(H2,23,25,26);1H. The molecular weight excluding hydrogens is 521 g/mol. The minimum absolute atomic E-state index is 0. The molecule has 2 aliphatic rings. The lowest BCUT2D eigenvalue weighted by molar-refractivity contribution is 0.312. The van der Waals surface area contributed by atoms with Gasteiger partial charge in [-0.2, -0.15) is 0 Å². The van der Waals surface area contributed by atoms with Gasteiger partial charge in [0.05, 0.1) is 5.00 Å². The molecule has 0 atom stereocenters. The lowest BCUT2D eigenvalue weighted by Gasteiger charge is -2.34. The van der Waals surface area contributed by atoms with Crippen LogP contribution in [0.3, 0.4) is 0 Å². The highest BCUT2D eigenvalue weighted by Crippen LogP contribution is 2.24.